The second-order valence-electron chi connectivity index (χ2n) is 13.7. The van der Waals surface area contributed by atoms with Gasteiger partial charge in [0.2, 0.25) is 5.91 Å². The summed E-state index contributed by atoms with van der Waals surface area (Å²) in [6.45, 7) is 7.31. The fraction of sp³-hybridized carbons (Fsp3) is 0.583. The van der Waals surface area contributed by atoms with Gasteiger partial charge in [-0.15, -0.1) is 0 Å². The number of urea groups is 2. The molecule has 0 saturated carbocycles. The number of amides is 5. The smallest absolute Gasteiger partial charge is 0.322 e. The van der Waals surface area contributed by atoms with Crippen molar-refractivity contribution >= 4 is 40.9 Å². The van der Waals surface area contributed by atoms with E-state index in [4.69, 9.17) is 17.3 Å². The molecule has 2 aromatic rings. The standard InChI is InChI=1S/C36H50ClN7O3/c1-2-25-21-24(22-30(37)33(25)38)23-32(34(45)42-16-9-27(10-17-42)26-7-14-39-15-8-26)41-35(46)43-18-12-29(13-19-43)44-20-11-28-5-3-4-6-31(28)40-36(44)47/h3-6,21-22,26-27,29,32,39H,2,7-20,23,38H2,1H3,(H,40,47)(H,41,46)/t32-/m1/s1. The summed E-state index contributed by atoms with van der Waals surface area (Å²) >= 11 is 6.50. The molecule has 0 unspecified atom stereocenters. The first-order chi connectivity index (χ1) is 22.8. The van der Waals surface area contributed by atoms with Crippen molar-refractivity contribution in [3.05, 3.63) is 58.1 Å². The van der Waals surface area contributed by atoms with Crippen molar-refractivity contribution in [2.45, 2.75) is 76.8 Å². The molecule has 0 bridgehead atoms. The number of halogens is 1. The Balaban J connectivity index is 1.10. The summed E-state index contributed by atoms with van der Waals surface area (Å²) in [5.41, 5.74) is 10.6. The molecule has 3 fully saturated rings. The maximum Gasteiger partial charge on any atom is 0.322 e. The molecule has 4 aliphatic heterocycles. The predicted octanol–water partition coefficient (Wildman–Crippen LogP) is 4.90. The number of likely N-dealkylation sites (tertiary alicyclic amines) is 2. The number of nitrogen functional groups attached to an aromatic ring is 1. The van der Waals surface area contributed by atoms with Crippen molar-refractivity contribution in [2.75, 3.05) is 56.9 Å². The van der Waals surface area contributed by atoms with E-state index in [0.29, 0.717) is 55.5 Å². The fourth-order valence-electron chi connectivity index (χ4n) is 8.07. The highest BCUT2D eigenvalue weighted by Crippen LogP contribution is 2.32. The number of hydrogen-bond acceptors (Lipinski definition) is 5. The zero-order chi connectivity index (χ0) is 32.9. The normalized spacial score (nSPS) is 20.7. The fourth-order valence-corrected chi connectivity index (χ4v) is 8.33. The third kappa shape index (κ3) is 7.81. The average Bonchev–Trinajstić information content (AvgIpc) is 3.27. The third-order valence-electron chi connectivity index (χ3n) is 10.9. The van der Waals surface area contributed by atoms with Gasteiger partial charge in [-0.1, -0.05) is 42.8 Å². The van der Waals surface area contributed by atoms with Crippen molar-refractivity contribution in [3.63, 3.8) is 0 Å². The van der Waals surface area contributed by atoms with Crippen LogP contribution < -0.4 is 21.7 Å². The molecule has 2 aromatic carbocycles. The Hall–Kier alpha value is -3.50. The average molecular weight is 664 g/mol. The monoisotopic (exact) mass is 663 g/mol. The summed E-state index contributed by atoms with van der Waals surface area (Å²) < 4.78 is 0. The van der Waals surface area contributed by atoms with Crippen LogP contribution >= 0.6 is 11.6 Å². The Bertz CT molecular complexity index is 1430. The minimum Gasteiger partial charge on any atom is -0.397 e. The van der Waals surface area contributed by atoms with Crippen molar-refractivity contribution in [2.24, 2.45) is 11.8 Å². The number of carbonyl (C=O) groups is 3. The van der Waals surface area contributed by atoms with E-state index in [9.17, 15) is 14.4 Å². The summed E-state index contributed by atoms with van der Waals surface area (Å²) in [5, 5.41) is 10.1. The molecule has 4 heterocycles. The summed E-state index contributed by atoms with van der Waals surface area (Å²) in [5.74, 6) is 1.34. The Morgan fingerprint density at radius 3 is 2.36 bits per heavy atom. The van der Waals surface area contributed by atoms with Crippen molar-refractivity contribution < 1.29 is 14.4 Å². The number of benzene rings is 2. The Kier molecular flexibility index (Phi) is 10.8. The molecule has 5 N–H and O–H groups in total. The van der Waals surface area contributed by atoms with Crippen LogP contribution in [-0.2, 0) is 24.1 Å². The molecule has 3 saturated heterocycles. The number of aryl methyl sites for hydroxylation is 1. The van der Waals surface area contributed by atoms with Gasteiger partial charge in [0.15, 0.2) is 0 Å². The third-order valence-corrected chi connectivity index (χ3v) is 11.2. The van der Waals surface area contributed by atoms with Gasteiger partial charge in [-0.25, -0.2) is 9.59 Å². The number of anilines is 2. The molecule has 47 heavy (non-hydrogen) atoms. The second-order valence-corrected chi connectivity index (χ2v) is 14.1. The molecule has 11 heteroatoms. The SMILES string of the molecule is CCc1cc(C[C@@H](NC(=O)N2CCC(N3CCc4ccccc4NC3=O)CC2)C(=O)N2CCC(C3CCNCC3)CC2)cc(Cl)c1N. The second kappa shape index (κ2) is 15.2. The first-order valence-corrected chi connectivity index (χ1v) is 18.0. The number of nitrogens with zero attached hydrogens (tertiary/aromatic N) is 3. The molecule has 0 radical (unpaired) electrons. The van der Waals surface area contributed by atoms with Gasteiger partial charge in [-0.05, 0) is 105 Å². The molecule has 1 atom stereocenters. The number of carbonyl (C=O) groups excluding carboxylic acids is 3. The van der Waals surface area contributed by atoms with Crippen molar-refractivity contribution in [1.29, 1.82) is 0 Å². The molecular formula is C36H50ClN7O3. The van der Waals surface area contributed by atoms with Crippen LogP contribution in [0.1, 0.15) is 62.1 Å². The van der Waals surface area contributed by atoms with E-state index >= 15 is 0 Å². The molecule has 254 valence electrons. The molecular weight excluding hydrogens is 614 g/mol. The van der Waals surface area contributed by atoms with Gasteiger partial charge in [-0.3, -0.25) is 4.79 Å². The summed E-state index contributed by atoms with van der Waals surface area (Å²) in [6.07, 6.45) is 7.68. The molecule has 5 amide bonds. The zero-order valence-corrected chi connectivity index (χ0v) is 28.4. The number of para-hydroxylation sites is 1. The predicted molar refractivity (Wildman–Crippen MR) is 187 cm³/mol. The first kappa shape index (κ1) is 33.4. The number of fused-ring (bicyclic) bond motifs is 1. The maximum absolute atomic E-state index is 14.1. The van der Waals surface area contributed by atoms with E-state index in [1.165, 1.54) is 12.8 Å². The molecule has 0 spiro atoms. The van der Waals surface area contributed by atoms with Gasteiger partial charge in [0.05, 0.1) is 10.7 Å². The van der Waals surface area contributed by atoms with Gasteiger partial charge in [0, 0.05) is 50.9 Å². The lowest BCUT2D eigenvalue weighted by atomic mass is 9.79. The Labute approximate surface area is 283 Å². The highest BCUT2D eigenvalue weighted by atomic mass is 35.5. The molecule has 4 aliphatic rings. The van der Waals surface area contributed by atoms with Crippen molar-refractivity contribution in [1.82, 2.24) is 25.3 Å². The van der Waals surface area contributed by atoms with Crippen LogP contribution in [0.3, 0.4) is 0 Å². The van der Waals surface area contributed by atoms with E-state index in [1.54, 1.807) is 4.90 Å². The number of nitrogens with one attached hydrogen (secondary N) is 3. The van der Waals surface area contributed by atoms with Crippen molar-refractivity contribution in [3.8, 4) is 0 Å². The van der Waals surface area contributed by atoms with Crippen LogP contribution in [0.5, 0.6) is 0 Å². The molecule has 6 rings (SSSR count). The van der Waals surface area contributed by atoms with E-state index in [1.807, 2.05) is 47.1 Å². The van der Waals surface area contributed by atoms with E-state index in [2.05, 4.69) is 22.0 Å². The Morgan fingerprint density at radius 2 is 1.64 bits per heavy atom. The van der Waals surface area contributed by atoms with E-state index in [0.717, 1.165) is 80.2 Å². The van der Waals surface area contributed by atoms with Crippen LogP contribution in [0.25, 0.3) is 0 Å². The highest BCUT2D eigenvalue weighted by Gasteiger charge is 2.35. The molecule has 0 aliphatic carbocycles. The highest BCUT2D eigenvalue weighted by molar-refractivity contribution is 6.33. The van der Waals surface area contributed by atoms with Crippen LogP contribution in [-0.4, -0.2) is 90.6 Å². The van der Waals surface area contributed by atoms with Crippen LogP contribution in [0, 0.1) is 11.8 Å². The van der Waals surface area contributed by atoms with Gasteiger partial charge < -0.3 is 36.4 Å². The van der Waals surface area contributed by atoms with Gasteiger partial charge in [-0.2, -0.15) is 0 Å². The summed E-state index contributed by atoms with van der Waals surface area (Å²) in [4.78, 5) is 46.6. The maximum atomic E-state index is 14.1. The number of nitrogens with two attached hydrogens (primary N) is 1. The van der Waals surface area contributed by atoms with Crippen LogP contribution in [0.2, 0.25) is 5.02 Å². The van der Waals surface area contributed by atoms with Gasteiger partial charge in [0.25, 0.3) is 0 Å². The lowest BCUT2D eigenvalue weighted by Gasteiger charge is -2.40. The lowest BCUT2D eigenvalue weighted by Crippen LogP contribution is -2.57. The molecule has 0 aromatic heterocycles. The first-order valence-electron chi connectivity index (χ1n) is 17.6. The zero-order valence-electron chi connectivity index (χ0n) is 27.6. The van der Waals surface area contributed by atoms with Crippen LogP contribution in [0.4, 0.5) is 21.0 Å². The number of rotatable bonds is 7. The Morgan fingerprint density at radius 1 is 0.957 bits per heavy atom. The van der Waals surface area contributed by atoms with E-state index in [-0.39, 0.29) is 24.0 Å². The van der Waals surface area contributed by atoms with Gasteiger partial charge >= 0.3 is 12.1 Å². The molecule has 10 nitrogen and oxygen atoms in total. The summed E-state index contributed by atoms with van der Waals surface area (Å²) in [6, 6.07) is 10.8. The minimum atomic E-state index is -0.713. The lowest BCUT2D eigenvalue weighted by molar-refractivity contribution is -0.135. The quantitative estimate of drug-likeness (QED) is 0.314. The number of hydrogen-bond donors (Lipinski definition) is 4. The van der Waals surface area contributed by atoms with Gasteiger partial charge in [0.1, 0.15) is 6.04 Å². The van der Waals surface area contributed by atoms with Crippen LogP contribution in [0.15, 0.2) is 36.4 Å². The topological polar surface area (TPSA) is 123 Å². The minimum absolute atomic E-state index is 0.0382. The largest absolute Gasteiger partial charge is 0.397 e. The summed E-state index contributed by atoms with van der Waals surface area (Å²) in [7, 11) is 0. The van der Waals surface area contributed by atoms with E-state index < -0.39 is 6.04 Å². The number of piperidine rings is 3.